The molecule has 0 saturated carbocycles. The van der Waals surface area contributed by atoms with Gasteiger partial charge in [-0.2, -0.15) is 0 Å². The summed E-state index contributed by atoms with van der Waals surface area (Å²) in [5.74, 6) is 0. The van der Waals surface area contributed by atoms with E-state index in [0.717, 1.165) is 13.1 Å². The normalized spacial score (nSPS) is 2.57. The van der Waals surface area contributed by atoms with Gasteiger partial charge in [-0.25, -0.2) is 0 Å². The Hall–Kier alpha value is -0.0800. The molecule has 0 saturated heterocycles. The van der Waals surface area contributed by atoms with Crippen molar-refractivity contribution in [2.24, 2.45) is 11.5 Å². The van der Waals surface area contributed by atoms with Gasteiger partial charge in [0.25, 0.3) is 0 Å². The Morgan fingerprint density at radius 2 is 0.500 bits per heavy atom. The summed E-state index contributed by atoms with van der Waals surface area (Å²) >= 11 is 0. The summed E-state index contributed by atoms with van der Waals surface area (Å²) in [5.41, 5.74) is 9.69. The quantitative estimate of drug-likeness (QED) is 0.600. The van der Waals surface area contributed by atoms with E-state index in [0.29, 0.717) is 0 Å². The Bertz CT molecular complexity index is 10.3. The van der Waals surface area contributed by atoms with Crippen LogP contribution in [0.25, 0.3) is 0 Å². The zero-order chi connectivity index (χ0) is 5.41. The second-order valence-corrected chi connectivity index (χ2v) is 0.816. The molecule has 2 heteroatoms. The number of hydrogen-bond acceptors (Lipinski definition) is 2. The van der Waals surface area contributed by atoms with Crippen molar-refractivity contribution < 1.29 is 0 Å². The van der Waals surface area contributed by atoms with Crippen LogP contribution in [0.5, 0.6) is 0 Å². The predicted octanol–water partition coefficient (Wildman–Crippen LogP) is 5.02. The maximum atomic E-state index is 4.85. The lowest BCUT2D eigenvalue weighted by Gasteiger charge is -1.53. The van der Waals surface area contributed by atoms with E-state index in [1.165, 1.54) is 0 Å². The van der Waals surface area contributed by atoms with Crippen LogP contribution in [0.2, 0.25) is 0 Å². The molecule has 0 atom stereocenters. The van der Waals surface area contributed by atoms with Crippen molar-refractivity contribution in [3.63, 3.8) is 0 Å². The largest absolute Gasteiger partial charge is 0.331 e. The van der Waals surface area contributed by atoms with Crippen LogP contribution in [0.1, 0.15) is 73.3 Å². The summed E-state index contributed by atoms with van der Waals surface area (Å²) in [6, 6.07) is 0. The predicted molar refractivity (Wildman–Crippen MR) is 83.3 cm³/mol. The first-order valence-corrected chi connectivity index (χ1v) is 2.23. The van der Waals surface area contributed by atoms with Gasteiger partial charge in [-0.05, 0) is 13.1 Å². The van der Waals surface area contributed by atoms with Crippen LogP contribution >= 0.6 is 0 Å². The van der Waals surface area contributed by atoms with Crippen LogP contribution in [-0.4, -0.2) is 13.1 Å². The zero-order valence-corrected chi connectivity index (χ0v) is 4.57. The van der Waals surface area contributed by atoms with Crippen LogP contribution in [0, 0.1) is 0 Å². The van der Waals surface area contributed by atoms with Crippen molar-refractivity contribution in [3.8, 4) is 0 Å². The van der Waals surface area contributed by atoms with Gasteiger partial charge < -0.3 is 11.5 Å². The summed E-state index contributed by atoms with van der Waals surface area (Å²) in [7, 11) is 0. The average molecular weight is 219 g/mol. The van der Waals surface area contributed by atoms with Gasteiger partial charge in [0.2, 0.25) is 0 Å². The van der Waals surface area contributed by atoms with Crippen molar-refractivity contribution in [1.29, 1.82) is 0 Å². The third kappa shape index (κ3) is 222000. The molecule has 0 rings (SSSR count). The SMILES string of the molecule is C.C.C.C.C.C.C.C.CCN.CCN. The van der Waals surface area contributed by atoms with Crippen molar-refractivity contribution in [1.82, 2.24) is 0 Å². The summed E-state index contributed by atoms with van der Waals surface area (Å²) < 4.78 is 0. The molecular weight excluding hydrogens is 172 g/mol. The first-order valence-electron chi connectivity index (χ1n) is 2.23. The first kappa shape index (κ1) is 151. The Labute approximate surface area is 98.5 Å². The van der Waals surface area contributed by atoms with Crippen LogP contribution in [-0.2, 0) is 0 Å². The van der Waals surface area contributed by atoms with Crippen LogP contribution in [0.15, 0.2) is 0 Å². The molecule has 4 N–H and O–H groups in total. The fourth-order valence-corrected chi connectivity index (χ4v) is 0. The Balaban J connectivity index is -0.00000000182. The van der Waals surface area contributed by atoms with Crippen molar-refractivity contribution in [2.75, 3.05) is 13.1 Å². The first-order chi connectivity index (χ1) is 2.83. The highest BCUT2D eigenvalue weighted by Gasteiger charge is 1.33. The van der Waals surface area contributed by atoms with Crippen molar-refractivity contribution >= 4 is 0 Å². The highest BCUT2D eigenvalue weighted by atomic mass is 14.5. The van der Waals surface area contributed by atoms with Gasteiger partial charge >= 0.3 is 0 Å². The minimum absolute atomic E-state index is 0. The summed E-state index contributed by atoms with van der Waals surface area (Å²) in [6.45, 7) is 5.31. The maximum Gasteiger partial charge on any atom is -0.0106 e. The molecule has 0 unspecified atom stereocenters. The van der Waals surface area contributed by atoms with Gasteiger partial charge in [-0.1, -0.05) is 73.3 Å². The summed E-state index contributed by atoms with van der Waals surface area (Å²) in [4.78, 5) is 0. The van der Waals surface area contributed by atoms with E-state index in [4.69, 9.17) is 11.5 Å². The number of nitrogens with two attached hydrogens (primary N) is 2. The zero-order valence-electron chi connectivity index (χ0n) is 4.57. The lowest BCUT2D eigenvalue weighted by Crippen LogP contribution is -1.87. The van der Waals surface area contributed by atoms with E-state index >= 15 is 0 Å². The highest BCUT2D eigenvalue weighted by molar-refractivity contribution is 4.00. The molecule has 0 aliphatic rings. The fraction of sp³-hybridized carbons (Fsp3) is 1.00. The summed E-state index contributed by atoms with van der Waals surface area (Å²) in [6.07, 6.45) is 0. The molecule has 0 fully saturated rings. The molecule has 104 valence electrons. The number of hydrogen-bond donors (Lipinski definition) is 2. The Morgan fingerprint density at radius 3 is 0.500 bits per heavy atom. The molecule has 0 spiro atoms. The topological polar surface area (TPSA) is 52.0 Å². The lowest BCUT2D eigenvalue weighted by atomic mass is 10.8. The second kappa shape index (κ2) is 498. The monoisotopic (exact) mass is 218 g/mol. The molecule has 0 aromatic rings. The standard InChI is InChI=1S/2C2H7N.8CH4/c2*1-2-3;;;;;;;;/h2*2-3H2,1H3;8*1H4. The Kier molecular flexibility index (Phi) is 5380. The van der Waals surface area contributed by atoms with E-state index in [1.807, 2.05) is 13.8 Å². The van der Waals surface area contributed by atoms with E-state index < -0.39 is 0 Å². The van der Waals surface area contributed by atoms with Gasteiger partial charge in [0, 0.05) is 0 Å². The van der Waals surface area contributed by atoms with Gasteiger partial charge in [0.1, 0.15) is 0 Å². The molecule has 0 aromatic carbocycles. The van der Waals surface area contributed by atoms with E-state index in [1.54, 1.807) is 0 Å². The molecule has 0 aliphatic carbocycles. The molecular formula is C12H46N2. The minimum Gasteiger partial charge on any atom is -0.331 e. The Morgan fingerprint density at radius 1 is 0.500 bits per heavy atom. The van der Waals surface area contributed by atoms with Crippen LogP contribution < -0.4 is 11.5 Å². The van der Waals surface area contributed by atoms with E-state index in [9.17, 15) is 0 Å². The third-order valence-electron chi connectivity index (χ3n) is 0. The van der Waals surface area contributed by atoms with Crippen LogP contribution in [0.3, 0.4) is 0 Å². The molecule has 0 bridgehead atoms. The molecule has 0 amide bonds. The molecule has 0 heterocycles. The maximum absolute atomic E-state index is 4.85. The van der Waals surface area contributed by atoms with Gasteiger partial charge in [0.15, 0.2) is 0 Å². The average Bonchev–Trinajstić information content (AvgIpc) is 1.39. The summed E-state index contributed by atoms with van der Waals surface area (Å²) in [5, 5.41) is 0. The fourth-order valence-electron chi connectivity index (χ4n) is 0. The number of rotatable bonds is 0. The lowest BCUT2D eigenvalue weighted by molar-refractivity contribution is 1.14. The third-order valence-corrected chi connectivity index (χ3v) is 0. The molecule has 0 radical (unpaired) electrons. The molecule has 14 heavy (non-hydrogen) atoms. The van der Waals surface area contributed by atoms with Gasteiger partial charge in [0.05, 0.1) is 0 Å². The smallest absolute Gasteiger partial charge is 0.0106 e. The van der Waals surface area contributed by atoms with E-state index in [2.05, 4.69) is 0 Å². The second-order valence-electron chi connectivity index (χ2n) is 0.816. The van der Waals surface area contributed by atoms with E-state index in [-0.39, 0.29) is 59.4 Å². The minimum atomic E-state index is 0. The molecule has 0 aromatic heterocycles. The molecule has 0 aliphatic heterocycles. The van der Waals surface area contributed by atoms with Crippen molar-refractivity contribution in [3.05, 3.63) is 0 Å². The van der Waals surface area contributed by atoms with Gasteiger partial charge in [-0.3, -0.25) is 0 Å². The highest BCUT2D eigenvalue weighted by Crippen LogP contribution is 1.20. The molecule has 2 nitrogen and oxygen atoms in total. The van der Waals surface area contributed by atoms with Crippen molar-refractivity contribution in [2.45, 2.75) is 73.3 Å². The van der Waals surface area contributed by atoms with Gasteiger partial charge in [-0.15, -0.1) is 0 Å². The van der Waals surface area contributed by atoms with Crippen LogP contribution in [0.4, 0.5) is 0 Å².